The van der Waals surface area contributed by atoms with Crippen LogP contribution in [0.15, 0.2) is 72.8 Å². The maximum Gasteiger partial charge on any atom is 0.330 e. The van der Waals surface area contributed by atoms with E-state index in [1.54, 1.807) is 60.7 Å². The highest BCUT2D eigenvalue weighted by atomic mass is 35.5. The van der Waals surface area contributed by atoms with E-state index in [4.69, 9.17) is 27.9 Å². The van der Waals surface area contributed by atoms with Crippen LogP contribution in [-0.4, -0.2) is 54.9 Å². The van der Waals surface area contributed by atoms with Gasteiger partial charge in [0.05, 0.1) is 26.9 Å². The number of benzene rings is 3. The molecule has 196 valence electrons. The number of nitrogens with zero attached hydrogens (tertiary/aromatic N) is 1. The summed E-state index contributed by atoms with van der Waals surface area (Å²) in [6.45, 7) is 0. The molecule has 0 N–H and O–H groups in total. The number of hydrogen-bond donors (Lipinski definition) is 0. The summed E-state index contributed by atoms with van der Waals surface area (Å²) in [5, 5.41) is 0.0579. The van der Waals surface area contributed by atoms with Gasteiger partial charge in [-0.3, -0.25) is 19.3 Å². The third-order valence-electron chi connectivity index (χ3n) is 5.94. The fourth-order valence-electron chi connectivity index (χ4n) is 4.06. The second-order valence-electron chi connectivity index (χ2n) is 8.68. The fourth-order valence-corrected chi connectivity index (χ4v) is 5.04. The standard InChI is InChI=1S/C27H21Cl2NO7S/c1-38(35,36)13-12-22(30-25(32)18-14-20(28)21(29)15-19(18)26(30)33)27(34)37-24(17-10-6-3-7-11-17)23(31)16-8-4-2-5-9-16/h2-11,14-15,22,24H,12-13H2,1H3/t22-,24+/m1/s1. The Hall–Kier alpha value is -3.53. The van der Waals surface area contributed by atoms with Crippen molar-refractivity contribution in [1.82, 2.24) is 4.90 Å². The van der Waals surface area contributed by atoms with Crippen LogP contribution in [0, 0.1) is 0 Å². The van der Waals surface area contributed by atoms with Gasteiger partial charge in [0, 0.05) is 17.4 Å². The number of esters is 1. The fraction of sp³-hybridized carbons (Fsp3) is 0.185. The van der Waals surface area contributed by atoms with E-state index in [9.17, 15) is 27.6 Å². The van der Waals surface area contributed by atoms with Gasteiger partial charge in [-0.05, 0) is 18.6 Å². The molecule has 8 nitrogen and oxygen atoms in total. The number of amides is 2. The molecule has 2 atom stereocenters. The van der Waals surface area contributed by atoms with Crippen molar-refractivity contribution in [3.63, 3.8) is 0 Å². The molecule has 0 saturated heterocycles. The topological polar surface area (TPSA) is 115 Å². The number of ketones is 1. The molecule has 1 aliphatic heterocycles. The van der Waals surface area contributed by atoms with Crippen molar-refractivity contribution in [2.75, 3.05) is 12.0 Å². The van der Waals surface area contributed by atoms with Crippen LogP contribution in [-0.2, 0) is 19.4 Å². The number of hydrogen-bond acceptors (Lipinski definition) is 7. The molecule has 0 radical (unpaired) electrons. The number of Topliss-reactive ketones (excluding diaryl/α,β-unsaturated/α-hetero) is 1. The molecular weight excluding hydrogens is 553 g/mol. The Morgan fingerprint density at radius 3 is 1.87 bits per heavy atom. The van der Waals surface area contributed by atoms with Crippen LogP contribution in [0.25, 0.3) is 0 Å². The van der Waals surface area contributed by atoms with Gasteiger partial charge in [-0.25, -0.2) is 13.2 Å². The molecule has 0 spiro atoms. The lowest BCUT2D eigenvalue weighted by atomic mass is 9.99. The van der Waals surface area contributed by atoms with Crippen LogP contribution in [0.2, 0.25) is 10.0 Å². The third kappa shape index (κ3) is 5.80. The van der Waals surface area contributed by atoms with Crippen molar-refractivity contribution in [2.45, 2.75) is 18.6 Å². The average Bonchev–Trinajstić information content (AvgIpc) is 3.12. The smallest absolute Gasteiger partial charge is 0.330 e. The Kier molecular flexibility index (Phi) is 8.01. The number of halogens is 2. The number of sulfone groups is 1. The Morgan fingerprint density at radius 2 is 1.37 bits per heavy atom. The number of carbonyl (C=O) groups is 4. The Balaban J connectivity index is 1.72. The maximum atomic E-state index is 13.6. The lowest BCUT2D eigenvalue weighted by Gasteiger charge is -2.27. The van der Waals surface area contributed by atoms with Gasteiger partial charge in [-0.1, -0.05) is 83.9 Å². The van der Waals surface area contributed by atoms with Crippen molar-refractivity contribution in [3.8, 4) is 0 Å². The minimum atomic E-state index is -3.60. The summed E-state index contributed by atoms with van der Waals surface area (Å²) >= 11 is 12.0. The summed E-state index contributed by atoms with van der Waals surface area (Å²) in [4.78, 5) is 54.1. The average molecular weight is 574 g/mol. The van der Waals surface area contributed by atoms with E-state index in [0.717, 1.165) is 6.26 Å². The maximum absolute atomic E-state index is 13.6. The SMILES string of the molecule is CS(=O)(=O)CC[C@H](C(=O)O[C@H](C(=O)c1ccccc1)c1ccccc1)N1C(=O)c2cc(Cl)c(Cl)cc2C1=O. The van der Waals surface area contributed by atoms with E-state index in [1.807, 2.05) is 0 Å². The molecule has 38 heavy (non-hydrogen) atoms. The minimum Gasteiger partial charge on any atom is -0.447 e. The Labute approximate surface area is 229 Å². The van der Waals surface area contributed by atoms with Crippen LogP contribution < -0.4 is 0 Å². The molecule has 3 aromatic rings. The molecule has 0 unspecified atom stereocenters. The van der Waals surface area contributed by atoms with Crippen LogP contribution >= 0.6 is 23.2 Å². The molecule has 3 aromatic carbocycles. The van der Waals surface area contributed by atoms with Gasteiger partial charge < -0.3 is 4.74 Å². The number of imide groups is 1. The molecule has 4 rings (SSSR count). The van der Waals surface area contributed by atoms with Crippen molar-refractivity contribution in [2.24, 2.45) is 0 Å². The molecule has 1 aliphatic rings. The lowest BCUT2D eigenvalue weighted by Crippen LogP contribution is -2.47. The lowest BCUT2D eigenvalue weighted by molar-refractivity contribution is -0.152. The molecular formula is C27H21Cl2NO7S. The summed E-state index contributed by atoms with van der Waals surface area (Å²) in [7, 11) is -3.60. The van der Waals surface area contributed by atoms with Gasteiger partial charge in [0.25, 0.3) is 11.8 Å². The summed E-state index contributed by atoms with van der Waals surface area (Å²) in [5.41, 5.74) is 0.465. The Morgan fingerprint density at radius 1 is 0.868 bits per heavy atom. The van der Waals surface area contributed by atoms with Gasteiger partial charge in [0.1, 0.15) is 15.9 Å². The van der Waals surface area contributed by atoms with Gasteiger partial charge in [0.15, 0.2) is 6.10 Å². The highest BCUT2D eigenvalue weighted by molar-refractivity contribution is 7.90. The summed E-state index contributed by atoms with van der Waals surface area (Å²) in [5.74, 6) is -3.88. The second kappa shape index (κ2) is 11.1. The summed E-state index contributed by atoms with van der Waals surface area (Å²) in [6.07, 6.45) is -0.889. The minimum absolute atomic E-state index is 0.0290. The van der Waals surface area contributed by atoms with E-state index in [-0.39, 0.29) is 26.7 Å². The van der Waals surface area contributed by atoms with Crippen LogP contribution in [0.3, 0.4) is 0 Å². The molecule has 2 amide bonds. The van der Waals surface area contributed by atoms with Crippen molar-refractivity contribution in [1.29, 1.82) is 0 Å². The molecule has 0 bridgehead atoms. The number of fused-ring (bicyclic) bond motifs is 1. The van der Waals surface area contributed by atoms with Crippen molar-refractivity contribution in [3.05, 3.63) is 105 Å². The molecule has 0 fully saturated rings. The van der Waals surface area contributed by atoms with E-state index >= 15 is 0 Å². The van der Waals surface area contributed by atoms with E-state index in [0.29, 0.717) is 10.5 Å². The first kappa shape index (κ1) is 27.5. The van der Waals surface area contributed by atoms with E-state index in [1.165, 1.54) is 12.1 Å². The molecule has 0 saturated carbocycles. The van der Waals surface area contributed by atoms with Gasteiger partial charge in [0.2, 0.25) is 5.78 Å². The highest BCUT2D eigenvalue weighted by Crippen LogP contribution is 2.34. The normalized spacial score (nSPS) is 14.7. The zero-order valence-electron chi connectivity index (χ0n) is 20.0. The summed E-state index contributed by atoms with van der Waals surface area (Å²) in [6, 6.07) is 17.2. The summed E-state index contributed by atoms with van der Waals surface area (Å²) < 4.78 is 29.6. The third-order valence-corrected chi connectivity index (χ3v) is 7.64. The first-order chi connectivity index (χ1) is 18.0. The Bertz CT molecular complexity index is 1480. The number of carbonyl (C=O) groups excluding carboxylic acids is 4. The zero-order valence-corrected chi connectivity index (χ0v) is 22.3. The quantitative estimate of drug-likeness (QED) is 0.209. The molecule has 1 heterocycles. The van der Waals surface area contributed by atoms with Crippen molar-refractivity contribution < 1.29 is 32.3 Å². The van der Waals surface area contributed by atoms with Gasteiger partial charge >= 0.3 is 5.97 Å². The molecule has 0 aliphatic carbocycles. The number of ether oxygens (including phenoxy) is 1. The van der Waals surface area contributed by atoms with Crippen LogP contribution in [0.5, 0.6) is 0 Å². The van der Waals surface area contributed by atoms with E-state index in [2.05, 4.69) is 0 Å². The predicted octanol–water partition coefficient (Wildman–Crippen LogP) is 4.56. The van der Waals surface area contributed by atoms with Crippen molar-refractivity contribution >= 4 is 56.6 Å². The highest BCUT2D eigenvalue weighted by Gasteiger charge is 2.45. The number of rotatable bonds is 9. The zero-order chi connectivity index (χ0) is 27.6. The largest absolute Gasteiger partial charge is 0.447 e. The molecule has 0 aromatic heterocycles. The van der Waals surface area contributed by atoms with Gasteiger partial charge in [-0.2, -0.15) is 0 Å². The first-order valence-corrected chi connectivity index (χ1v) is 14.2. The first-order valence-electron chi connectivity index (χ1n) is 11.4. The predicted molar refractivity (Wildman–Crippen MR) is 141 cm³/mol. The van der Waals surface area contributed by atoms with E-state index < -0.39 is 57.7 Å². The second-order valence-corrected chi connectivity index (χ2v) is 11.8. The van der Waals surface area contributed by atoms with Crippen LogP contribution in [0.4, 0.5) is 0 Å². The van der Waals surface area contributed by atoms with Gasteiger partial charge in [-0.15, -0.1) is 0 Å². The molecule has 11 heteroatoms. The monoisotopic (exact) mass is 573 g/mol. The van der Waals surface area contributed by atoms with Crippen LogP contribution in [0.1, 0.15) is 49.2 Å².